The van der Waals surface area contributed by atoms with Crippen LogP contribution >= 0.6 is 11.3 Å². The van der Waals surface area contributed by atoms with Gasteiger partial charge in [0.15, 0.2) is 5.13 Å². The number of nitrogens with two attached hydrogens (primary N) is 1. The van der Waals surface area contributed by atoms with Crippen LogP contribution in [0.2, 0.25) is 0 Å². The number of hydrogen-bond acceptors (Lipinski definition) is 6. The highest BCUT2D eigenvalue weighted by Gasteiger charge is 2.37. The third-order valence-electron chi connectivity index (χ3n) is 6.06. The van der Waals surface area contributed by atoms with Crippen molar-refractivity contribution in [3.05, 3.63) is 11.1 Å². The third-order valence-corrected chi connectivity index (χ3v) is 6.78. The van der Waals surface area contributed by atoms with Gasteiger partial charge in [-0.2, -0.15) is 0 Å². The first-order chi connectivity index (χ1) is 13.1. The van der Waals surface area contributed by atoms with Gasteiger partial charge in [-0.1, -0.05) is 0 Å². The highest BCUT2D eigenvalue weighted by molar-refractivity contribution is 7.13. The molecule has 8 heteroatoms. The smallest absolute Gasteiger partial charge is 0.225 e. The van der Waals surface area contributed by atoms with Crippen LogP contribution in [0.5, 0.6) is 0 Å². The lowest BCUT2D eigenvalue weighted by atomic mass is 9.93. The topological polar surface area (TPSA) is 91.6 Å². The van der Waals surface area contributed by atoms with E-state index in [9.17, 15) is 9.59 Å². The minimum Gasteiger partial charge on any atom is -0.375 e. The van der Waals surface area contributed by atoms with Crippen LogP contribution in [0.4, 0.5) is 5.13 Å². The number of amides is 2. The number of likely N-dealkylation sites (tertiary alicyclic amines) is 2. The molecule has 7 nitrogen and oxygen atoms in total. The molecule has 0 radical (unpaired) electrons. The second-order valence-corrected chi connectivity index (χ2v) is 8.95. The van der Waals surface area contributed by atoms with E-state index in [0.29, 0.717) is 29.5 Å². The Hall–Kier alpha value is -1.67. The number of nitrogen functional groups attached to an aromatic ring is 1. The third kappa shape index (κ3) is 4.60. The van der Waals surface area contributed by atoms with Gasteiger partial charge in [-0.15, -0.1) is 11.3 Å². The normalized spacial score (nSPS) is 24.7. The molecule has 0 spiro atoms. The van der Waals surface area contributed by atoms with Crippen LogP contribution in [0.25, 0.3) is 0 Å². The number of nitrogens with zero attached hydrogens (tertiary/aromatic N) is 3. The van der Waals surface area contributed by atoms with E-state index in [1.807, 2.05) is 5.38 Å². The van der Waals surface area contributed by atoms with E-state index in [4.69, 9.17) is 5.73 Å². The Labute approximate surface area is 164 Å². The predicted molar refractivity (Wildman–Crippen MR) is 105 cm³/mol. The number of anilines is 1. The Morgan fingerprint density at radius 2 is 1.93 bits per heavy atom. The van der Waals surface area contributed by atoms with Gasteiger partial charge >= 0.3 is 0 Å². The van der Waals surface area contributed by atoms with Gasteiger partial charge in [0, 0.05) is 37.0 Å². The van der Waals surface area contributed by atoms with Crippen molar-refractivity contribution in [2.24, 2.45) is 11.8 Å². The standard InChI is InChI=1S/C19H29N5O2S/c20-19-22-15(12-27-19)10-21-17(25)14-2-1-7-24(11-14)16-5-8-23(9-6-16)18(26)13-3-4-13/h12-14,16H,1-11H2,(H2,20,22)(H,21,25)/t14-/m0/s1. The van der Waals surface area contributed by atoms with E-state index < -0.39 is 0 Å². The largest absolute Gasteiger partial charge is 0.375 e. The Kier molecular flexibility index (Phi) is 5.63. The highest BCUT2D eigenvalue weighted by Crippen LogP contribution is 2.32. The van der Waals surface area contributed by atoms with Crippen LogP contribution < -0.4 is 11.1 Å². The fourth-order valence-electron chi connectivity index (χ4n) is 4.32. The molecule has 148 valence electrons. The zero-order valence-electron chi connectivity index (χ0n) is 15.7. The van der Waals surface area contributed by atoms with Gasteiger partial charge in [0.05, 0.1) is 18.2 Å². The van der Waals surface area contributed by atoms with Gasteiger partial charge in [0.25, 0.3) is 0 Å². The van der Waals surface area contributed by atoms with Crippen LogP contribution in [0.15, 0.2) is 5.38 Å². The van der Waals surface area contributed by atoms with Crippen molar-refractivity contribution in [1.29, 1.82) is 0 Å². The van der Waals surface area contributed by atoms with Gasteiger partial charge in [-0.25, -0.2) is 4.98 Å². The van der Waals surface area contributed by atoms with Gasteiger partial charge in [0.1, 0.15) is 0 Å². The molecule has 1 aliphatic carbocycles. The Bertz CT molecular complexity index is 681. The number of hydrogen-bond donors (Lipinski definition) is 2. The first-order valence-corrected chi connectivity index (χ1v) is 11.0. The molecule has 1 atom stereocenters. The molecule has 3 heterocycles. The summed E-state index contributed by atoms with van der Waals surface area (Å²) >= 11 is 1.40. The molecule has 27 heavy (non-hydrogen) atoms. The van der Waals surface area contributed by atoms with Gasteiger partial charge < -0.3 is 16.0 Å². The van der Waals surface area contributed by atoms with Crippen molar-refractivity contribution < 1.29 is 9.59 Å². The van der Waals surface area contributed by atoms with E-state index in [1.54, 1.807) is 0 Å². The summed E-state index contributed by atoms with van der Waals surface area (Å²) < 4.78 is 0. The fraction of sp³-hybridized carbons (Fsp3) is 0.737. The summed E-state index contributed by atoms with van der Waals surface area (Å²) in [5.41, 5.74) is 6.47. The van der Waals surface area contributed by atoms with Crippen molar-refractivity contribution in [3.8, 4) is 0 Å². The summed E-state index contributed by atoms with van der Waals surface area (Å²) in [6, 6.07) is 0.502. The molecule has 4 rings (SSSR count). The number of thiazole rings is 1. The Morgan fingerprint density at radius 3 is 2.59 bits per heavy atom. The number of piperidine rings is 2. The zero-order chi connectivity index (χ0) is 18.8. The van der Waals surface area contributed by atoms with Crippen LogP contribution in [-0.2, 0) is 16.1 Å². The molecule has 1 saturated carbocycles. The lowest BCUT2D eigenvalue weighted by molar-refractivity contribution is -0.134. The molecular weight excluding hydrogens is 362 g/mol. The zero-order valence-corrected chi connectivity index (χ0v) is 16.5. The number of carbonyl (C=O) groups is 2. The van der Waals surface area contributed by atoms with Crippen molar-refractivity contribution in [3.63, 3.8) is 0 Å². The molecule has 1 aromatic heterocycles. The van der Waals surface area contributed by atoms with E-state index in [0.717, 1.165) is 70.4 Å². The number of rotatable bonds is 5. The molecule has 2 aliphatic heterocycles. The van der Waals surface area contributed by atoms with E-state index in [-0.39, 0.29) is 11.8 Å². The summed E-state index contributed by atoms with van der Waals surface area (Å²) in [6.07, 6.45) is 6.23. The molecule has 2 amide bonds. The van der Waals surface area contributed by atoms with Crippen molar-refractivity contribution in [1.82, 2.24) is 20.1 Å². The van der Waals surface area contributed by atoms with Crippen LogP contribution in [-0.4, -0.2) is 58.8 Å². The lowest BCUT2D eigenvalue weighted by Gasteiger charge is -2.42. The van der Waals surface area contributed by atoms with Gasteiger partial charge in [-0.3, -0.25) is 14.5 Å². The minimum absolute atomic E-state index is 0.0425. The Morgan fingerprint density at radius 1 is 1.15 bits per heavy atom. The van der Waals surface area contributed by atoms with E-state index in [2.05, 4.69) is 20.1 Å². The first kappa shape index (κ1) is 18.7. The maximum absolute atomic E-state index is 12.6. The molecule has 0 bridgehead atoms. The molecule has 3 N–H and O–H groups in total. The summed E-state index contributed by atoms with van der Waals surface area (Å²) in [4.78, 5) is 33.5. The summed E-state index contributed by atoms with van der Waals surface area (Å²) in [7, 11) is 0. The quantitative estimate of drug-likeness (QED) is 0.793. The number of nitrogens with one attached hydrogen (secondary N) is 1. The van der Waals surface area contributed by atoms with Crippen LogP contribution in [0, 0.1) is 11.8 Å². The van der Waals surface area contributed by atoms with Crippen molar-refractivity contribution in [2.45, 2.75) is 51.1 Å². The van der Waals surface area contributed by atoms with Crippen molar-refractivity contribution >= 4 is 28.3 Å². The maximum atomic E-state index is 12.6. The average molecular weight is 392 g/mol. The monoisotopic (exact) mass is 391 g/mol. The lowest BCUT2D eigenvalue weighted by Crippen LogP contribution is -2.51. The first-order valence-electron chi connectivity index (χ1n) is 10.1. The summed E-state index contributed by atoms with van der Waals surface area (Å²) in [5.74, 6) is 0.846. The molecule has 0 unspecified atom stereocenters. The molecular formula is C19H29N5O2S. The summed E-state index contributed by atoms with van der Waals surface area (Å²) in [6.45, 7) is 4.09. The fourth-order valence-corrected chi connectivity index (χ4v) is 4.88. The molecule has 2 saturated heterocycles. The molecule has 3 aliphatic rings. The SMILES string of the molecule is Nc1nc(CNC(=O)[C@H]2CCCN(C3CCN(C(=O)C4CC4)CC3)C2)cs1. The predicted octanol–water partition coefficient (Wildman–Crippen LogP) is 1.45. The van der Waals surface area contributed by atoms with Crippen LogP contribution in [0.3, 0.4) is 0 Å². The van der Waals surface area contributed by atoms with E-state index >= 15 is 0 Å². The molecule has 1 aromatic rings. The number of carbonyl (C=O) groups excluding carboxylic acids is 2. The van der Waals surface area contributed by atoms with Gasteiger partial charge in [-0.05, 0) is 45.1 Å². The molecule has 0 aromatic carbocycles. The number of aromatic nitrogens is 1. The minimum atomic E-state index is 0.0425. The summed E-state index contributed by atoms with van der Waals surface area (Å²) in [5, 5.41) is 5.44. The second-order valence-electron chi connectivity index (χ2n) is 8.06. The van der Waals surface area contributed by atoms with Gasteiger partial charge in [0.2, 0.25) is 11.8 Å². The Balaban J connectivity index is 1.24. The second kappa shape index (κ2) is 8.14. The van der Waals surface area contributed by atoms with Crippen molar-refractivity contribution in [2.75, 3.05) is 31.9 Å². The average Bonchev–Trinajstić information content (AvgIpc) is 3.47. The molecule has 3 fully saturated rings. The van der Waals surface area contributed by atoms with E-state index in [1.165, 1.54) is 11.3 Å². The highest BCUT2D eigenvalue weighted by atomic mass is 32.1. The maximum Gasteiger partial charge on any atom is 0.225 e. The van der Waals surface area contributed by atoms with Crippen LogP contribution in [0.1, 0.15) is 44.2 Å².